The molecule has 1 unspecified atom stereocenters. The lowest BCUT2D eigenvalue weighted by atomic mass is 10.2. The van der Waals surface area contributed by atoms with Crippen molar-refractivity contribution in [1.82, 2.24) is 9.88 Å². The highest BCUT2D eigenvalue weighted by molar-refractivity contribution is 8.00. The normalized spacial score (nSPS) is 20.6. The van der Waals surface area contributed by atoms with Crippen LogP contribution in [0.25, 0.3) is 0 Å². The number of piperazine rings is 1. The first-order valence-corrected chi connectivity index (χ1v) is 11.0. The van der Waals surface area contributed by atoms with Gasteiger partial charge in [0, 0.05) is 49.1 Å². The fourth-order valence-corrected chi connectivity index (χ4v) is 4.94. The molecule has 1 aromatic heterocycles. The van der Waals surface area contributed by atoms with E-state index in [-0.39, 0.29) is 5.91 Å². The van der Waals surface area contributed by atoms with Gasteiger partial charge in [-0.15, -0.1) is 11.8 Å². The Kier molecular flexibility index (Phi) is 6.09. The van der Waals surface area contributed by atoms with E-state index >= 15 is 0 Å². The molecule has 0 saturated carbocycles. The van der Waals surface area contributed by atoms with Crippen LogP contribution in [0.5, 0.6) is 0 Å². The third-order valence-corrected chi connectivity index (χ3v) is 6.77. The van der Waals surface area contributed by atoms with Crippen molar-refractivity contribution in [1.29, 1.82) is 0 Å². The van der Waals surface area contributed by atoms with Crippen LogP contribution in [0.3, 0.4) is 0 Å². The van der Waals surface area contributed by atoms with Gasteiger partial charge in [-0.05, 0) is 30.7 Å². The number of thioether (sulfide) groups is 1. The van der Waals surface area contributed by atoms with E-state index in [2.05, 4.69) is 39.9 Å². The lowest BCUT2D eigenvalue weighted by Crippen LogP contribution is -2.50. The molecule has 0 spiro atoms. The molecule has 2 aromatic rings. The molecular weight excluding hydrogens is 392 g/mol. The quantitative estimate of drug-likeness (QED) is 0.761. The Labute approximate surface area is 175 Å². The molecule has 1 saturated heterocycles. The second-order valence-electron chi connectivity index (χ2n) is 7.33. The number of nitrogens with zero attached hydrogens (tertiary/aromatic N) is 4. The lowest BCUT2D eigenvalue weighted by Gasteiger charge is -2.36. The van der Waals surface area contributed by atoms with Crippen LogP contribution in [0.4, 0.5) is 11.5 Å². The first-order valence-electron chi connectivity index (χ1n) is 9.75. The van der Waals surface area contributed by atoms with Crippen LogP contribution in [-0.2, 0) is 4.79 Å². The summed E-state index contributed by atoms with van der Waals surface area (Å²) >= 11 is 7.80. The van der Waals surface area contributed by atoms with E-state index in [4.69, 9.17) is 11.6 Å². The lowest BCUT2D eigenvalue weighted by molar-refractivity contribution is -0.119. The third kappa shape index (κ3) is 4.45. The average Bonchev–Trinajstić information content (AvgIpc) is 2.87. The Bertz CT molecular complexity index is 823. The van der Waals surface area contributed by atoms with Crippen molar-refractivity contribution >= 4 is 40.8 Å². The molecule has 1 atom stereocenters. The molecule has 5 nitrogen and oxygen atoms in total. The molecule has 28 heavy (non-hydrogen) atoms. The number of hydrogen-bond acceptors (Lipinski definition) is 5. The number of pyridine rings is 1. The molecular formula is C21H25ClN4OS. The van der Waals surface area contributed by atoms with E-state index < -0.39 is 0 Å². The summed E-state index contributed by atoms with van der Waals surface area (Å²) in [7, 11) is 0. The van der Waals surface area contributed by atoms with E-state index in [1.807, 2.05) is 34.9 Å². The second kappa shape index (κ2) is 8.72. The molecule has 2 aliphatic rings. The molecule has 0 N–H and O–H groups in total. The Morgan fingerprint density at radius 3 is 2.68 bits per heavy atom. The molecule has 148 valence electrons. The van der Waals surface area contributed by atoms with Crippen molar-refractivity contribution in [3.63, 3.8) is 0 Å². The second-order valence-corrected chi connectivity index (χ2v) is 9.24. The van der Waals surface area contributed by atoms with E-state index in [1.54, 1.807) is 6.20 Å². The molecule has 1 aromatic carbocycles. The minimum absolute atomic E-state index is 0.195. The minimum Gasteiger partial charge on any atom is -0.354 e. The summed E-state index contributed by atoms with van der Waals surface area (Å²) in [5.74, 6) is 1.14. The Morgan fingerprint density at radius 2 is 1.93 bits per heavy atom. The fourth-order valence-electron chi connectivity index (χ4n) is 3.71. The highest BCUT2D eigenvalue weighted by atomic mass is 35.5. The highest BCUT2D eigenvalue weighted by Crippen LogP contribution is 2.37. The van der Waals surface area contributed by atoms with Gasteiger partial charge in [-0.3, -0.25) is 9.69 Å². The summed E-state index contributed by atoms with van der Waals surface area (Å²) < 4.78 is 0. The number of anilines is 2. The van der Waals surface area contributed by atoms with E-state index in [0.717, 1.165) is 50.6 Å². The number of hydrogen-bond donors (Lipinski definition) is 0. The predicted molar refractivity (Wildman–Crippen MR) is 117 cm³/mol. The van der Waals surface area contributed by atoms with Crippen LogP contribution in [0.1, 0.15) is 13.3 Å². The topological polar surface area (TPSA) is 39.7 Å². The molecule has 0 aliphatic carbocycles. The van der Waals surface area contributed by atoms with Crippen LogP contribution in [0.2, 0.25) is 5.02 Å². The van der Waals surface area contributed by atoms with Crippen molar-refractivity contribution in [3.8, 4) is 0 Å². The summed E-state index contributed by atoms with van der Waals surface area (Å²) in [6.07, 6.45) is 2.70. The number of carbonyl (C=O) groups excluding carboxylic acids is 1. The maximum Gasteiger partial charge on any atom is 0.241 e. The molecule has 2 aliphatic heterocycles. The van der Waals surface area contributed by atoms with Gasteiger partial charge < -0.3 is 9.80 Å². The van der Waals surface area contributed by atoms with Gasteiger partial charge in [0.05, 0.1) is 17.3 Å². The van der Waals surface area contributed by atoms with Gasteiger partial charge in [-0.1, -0.05) is 30.7 Å². The number of aromatic nitrogens is 1. The van der Waals surface area contributed by atoms with E-state index in [1.165, 1.54) is 4.90 Å². The molecule has 1 fully saturated rings. The van der Waals surface area contributed by atoms with Crippen molar-refractivity contribution in [2.75, 3.05) is 49.1 Å². The largest absolute Gasteiger partial charge is 0.354 e. The summed E-state index contributed by atoms with van der Waals surface area (Å²) in [5, 5.41) is 1.17. The maximum atomic E-state index is 13.1. The zero-order valence-electron chi connectivity index (χ0n) is 16.1. The summed E-state index contributed by atoms with van der Waals surface area (Å²) in [4.78, 5) is 25.2. The van der Waals surface area contributed by atoms with Gasteiger partial charge in [-0.2, -0.15) is 0 Å². The standard InChI is InChI=1S/C21H25ClN4OS/c1-16-8-9-26(18-4-2-3-5-19(18)28-16)21(27)15-24-10-12-25(13-11-24)20-7-6-17(22)14-23-20/h2-7,14,16H,8-13,15H2,1H3. The van der Waals surface area contributed by atoms with Crippen LogP contribution < -0.4 is 9.80 Å². The molecule has 0 bridgehead atoms. The van der Waals surface area contributed by atoms with E-state index in [0.29, 0.717) is 16.8 Å². The van der Waals surface area contributed by atoms with Gasteiger partial charge in [0.25, 0.3) is 0 Å². The van der Waals surface area contributed by atoms with Crippen molar-refractivity contribution in [3.05, 3.63) is 47.6 Å². The number of carbonyl (C=O) groups is 1. The van der Waals surface area contributed by atoms with Gasteiger partial charge >= 0.3 is 0 Å². The van der Waals surface area contributed by atoms with Crippen LogP contribution in [0.15, 0.2) is 47.5 Å². The van der Waals surface area contributed by atoms with Gasteiger partial charge in [-0.25, -0.2) is 4.98 Å². The number of benzene rings is 1. The Balaban J connectivity index is 1.37. The van der Waals surface area contributed by atoms with E-state index in [9.17, 15) is 4.79 Å². The summed E-state index contributed by atoms with van der Waals surface area (Å²) in [6.45, 7) is 6.94. The number of para-hydroxylation sites is 1. The number of amides is 1. The molecule has 1 amide bonds. The smallest absolute Gasteiger partial charge is 0.241 e. The molecule has 4 rings (SSSR count). The summed E-state index contributed by atoms with van der Waals surface area (Å²) in [5.41, 5.74) is 1.06. The van der Waals surface area contributed by atoms with Gasteiger partial charge in [0.2, 0.25) is 5.91 Å². The van der Waals surface area contributed by atoms with Gasteiger partial charge in [0.15, 0.2) is 0 Å². The molecule has 0 radical (unpaired) electrons. The molecule has 3 heterocycles. The maximum absolute atomic E-state index is 13.1. The Morgan fingerprint density at radius 1 is 1.14 bits per heavy atom. The number of fused-ring (bicyclic) bond motifs is 1. The monoisotopic (exact) mass is 416 g/mol. The Hall–Kier alpha value is -1.76. The SMILES string of the molecule is CC1CCN(C(=O)CN2CCN(c3ccc(Cl)cn3)CC2)c2ccccc2S1. The van der Waals surface area contributed by atoms with Crippen LogP contribution in [0, 0.1) is 0 Å². The average molecular weight is 417 g/mol. The highest BCUT2D eigenvalue weighted by Gasteiger charge is 2.27. The van der Waals surface area contributed by atoms with Crippen molar-refractivity contribution < 1.29 is 4.79 Å². The summed E-state index contributed by atoms with van der Waals surface area (Å²) in [6, 6.07) is 12.1. The zero-order chi connectivity index (χ0) is 19.5. The van der Waals surface area contributed by atoms with Crippen LogP contribution in [-0.4, -0.2) is 60.3 Å². The fraction of sp³-hybridized carbons (Fsp3) is 0.429. The van der Waals surface area contributed by atoms with Crippen LogP contribution >= 0.6 is 23.4 Å². The molecule has 7 heteroatoms. The predicted octanol–water partition coefficient (Wildman–Crippen LogP) is 3.77. The van der Waals surface area contributed by atoms with Crippen molar-refractivity contribution in [2.24, 2.45) is 0 Å². The van der Waals surface area contributed by atoms with Crippen molar-refractivity contribution in [2.45, 2.75) is 23.5 Å². The first-order chi connectivity index (χ1) is 13.6. The van der Waals surface area contributed by atoms with Gasteiger partial charge in [0.1, 0.15) is 5.82 Å². The number of rotatable bonds is 3. The third-order valence-electron chi connectivity index (χ3n) is 5.31. The zero-order valence-corrected chi connectivity index (χ0v) is 17.6. The minimum atomic E-state index is 0.195. The first kappa shape index (κ1) is 19.6. The number of halogens is 1.